The number of carbonyl (C=O) groups is 1. The van der Waals surface area contributed by atoms with E-state index >= 15 is 0 Å². The highest BCUT2D eigenvalue weighted by Crippen LogP contribution is 2.36. The predicted octanol–water partition coefficient (Wildman–Crippen LogP) is 1.09. The van der Waals surface area contributed by atoms with Crippen molar-refractivity contribution in [1.82, 2.24) is 24.1 Å². The number of carbonyl (C=O) groups excluding carboxylic acids is 1. The van der Waals surface area contributed by atoms with E-state index in [0.29, 0.717) is 50.5 Å². The van der Waals surface area contributed by atoms with Gasteiger partial charge in [-0.25, -0.2) is 18.4 Å². The number of rotatable bonds is 4. The number of hydrogen-bond donors (Lipinski definition) is 0. The van der Waals surface area contributed by atoms with Crippen molar-refractivity contribution < 1.29 is 17.9 Å². The van der Waals surface area contributed by atoms with Crippen LogP contribution >= 0.6 is 0 Å². The lowest BCUT2D eigenvalue weighted by Crippen LogP contribution is -2.49. The van der Waals surface area contributed by atoms with Crippen molar-refractivity contribution in [2.75, 3.05) is 40.3 Å². The van der Waals surface area contributed by atoms with Gasteiger partial charge in [0.05, 0.1) is 6.04 Å². The van der Waals surface area contributed by atoms with Gasteiger partial charge in [-0.3, -0.25) is 4.79 Å². The molecule has 0 unspecified atom stereocenters. The molecule has 2 aromatic rings. The normalized spacial score (nSPS) is 23.3. The summed E-state index contributed by atoms with van der Waals surface area (Å²) in [6, 6.07) is 8.03. The molecule has 4 rings (SSSR count). The molecule has 2 aliphatic rings. The number of likely N-dealkylation sites (tertiary alicyclic amines) is 1. The molecule has 31 heavy (non-hydrogen) atoms. The van der Waals surface area contributed by atoms with Crippen molar-refractivity contribution in [2.45, 2.75) is 29.9 Å². The van der Waals surface area contributed by atoms with Crippen LogP contribution in [0.25, 0.3) is 0 Å². The Balaban J connectivity index is 1.65. The third-order valence-electron chi connectivity index (χ3n) is 5.75. The fourth-order valence-corrected chi connectivity index (χ4v) is 5.92. The zero-order valence-corrected chi connectivity index (χ0v) is 18.5. The van der Waals surface area contributed by atoms with Crippen LogP contribution < -0.4 is 4.74 Å². The van der Waals surface area contributed by atoms with Gasteiger partial charge in [0.2, 0.25) is 10.0 Å². The van der Waals surface area contributed by atoms with Crippen LogP contribution in [0.1, 0.15) is 23.3 Å². The van der Waals surface area contributed by atoms with E-state index in [9.17, 15) is 13.2 Å². The van der Waals surface area contributed by atoms with Crippen molar-refractivity contribution in [1.29, 1.82) is 0 Å². The lowest BCUT2D eigenvalue weighted by molar-refractivity contribution is 0.0749. The highest BCUT2D eigenvalue weighted by atomic mass is 32.2. The molecule has 10 heteroatoms. The Morgan fingerprint density at radius 3 is 2.71 bits per heavy atom. The summed E-state index contributed by atoms with van der Waals surface area (Å²) < 4.78 is 35.0. The van der Waals surface area contributed by atoms with Crippen LogP contribution in [0.3, 0.4) is 0 Å². The second-order valence-electron chi connectivity index (χ2n) is 8.05. The van der Waals surface area contributed by atoms with E-state index < -0.39 is 10.0 Å². The van der Waals surface area contributed by atoms with Gasteiger partial charge in [0.15, 0.2) is 0 Å². The molecule has 166 valence electrons. The molecule has 1 aromatic carbocycles. The summed E-state index contributed by atoms with van der Waals surface area (Å²) in [7, 11) is 0.103. The molecule has 1 amide bonds. The van der Waals surface area contributed by atoms with Gasteiger partial charge in [0, 0.05) is 38.8 Å². The highest BCUT2D eigenvalue weighted by Gasteiger charge is 2.43. The lowest BCUT2D eigenvalue weighted by atomic mass is 10.1. The molecule has 0 spiro atoms. The summed E-state index contributed by atoms with van der Waals surface area (Å²) in [5.74, 6) is 0.197. The second kappa shape index (κ2) is 8.89. The number of amides is 1. The standard InChI is InChI=1S/C21H27N5O4S/c1-24(2)13-14-26-17-8-11-25(21(27)16-7-10-22-15-23-16)12-9-18(17)30-19-5-3-4-6-20(19)31(26,28)29/h3-7,10,15,17-18H,8-9,11-14H2,1-2H3/t17-,18-/m1/s1. The molecular formula is C21H27N5O4S. The fraction of sp³-hybridized carbons (Fsp3) is 0.476. The van der Waals surface area contributed by atoms with Gasteiger partial charge in [-0.1, -0.05) is 12.1 Å². The molecule has 9 nitrogen and oxygen atoms in total. The number of likely N-dealkylation sites (N-methyl/N-ethyl adjacent to an activating group) is 1. The van der Waals surface area contributed by atoms with Crippen LogP contribution in [0.15, 0.2) is 47.8 Å². The third-order valence-corrected chi connectivity index (χ3v) is 7.71. The molecule has 0 bridgehead atoms. The summed E-state index contributed by atoms with van der Waals surface area (Å²) in [6.45, 7) is 1.84. The molecule has 0 aliphatic carbocycles. The van der Waals surface area contributed by atoms with Crippen molar-refractivity contribution in [3.05, 3.63) is 48.5 Å². The average molecular weight is 446 g/mol. The van der Waals surface area contributed by atoms with Crippen molar-refractivity contribution in [3.63, 3.8) is 0 Å². The summed E-state index contributed by atoms with van der Waals surface area (Å²) >= 11 is 0. The van der Waals surface area contributed by atoms with Gasteiger partial charge in [-0.2, -0.15) is 4.31 Å². The smallest absolute Gasteiger partial charge is 0.272 e. The molecule has 1 saturated heterocycles. The Hall–Kier alpha value is -2.56. The van der Waals surface area contributed by atoms with Crippen LogP contribution in [-0.4, -0.2) is 90.8 Å². The zero-order valence-electron chi connectivity index (χ0n) is 17.7. The molecule has 0 N–H and O–H groups in total. The Bertz CT molecular complexity index is 1030. The topological polar surface area (TPSA) is 95.9 Å². The minimum atomic E-state index is -3.73. The zero-order chi connectivity index (χ0) is 22.0. The SMILES string of the molecule is CN(C)CCN1[C@@H]2CCN(C(=O)c3ccncn3)CC[C@H]2Oc2ccccc2S1(=O)=O. The van der Waals surface area contributed by atoms with Crippen LogP contribution in [0, 0.1) is 0 Å². The lowest BCUT2D eigenvalue weighted by Gasteiger charge is -2.32. The summed E-state index contributed by atoms with van der Waals surface area (Å²) in [4.78, 5) is 24.7. The first-order chi connectivity index (χ1) is 14.9. The number of hydrogen-bond acceptors (Lipinski definition) is 7. The van der Waals surface area contributed by atoms with Crippen LogP contribution in [0.5, 0.6) is 5.75 Å². The molecule has 1 aromatic heterocycles. The van der Waals surface area contributed by atoms with E-state index in [0.717, 1.165) is 0 Å². The maximum absolute atomic E-state index is 13.6. The van der Waals surface area contributed by atoms with E-state index in [4.69, 9.17) is 4.74 Å². The highest BCUT2D eigenvalue weighted by molar-refractivity contribution is 7.89. The largest absolute Gasteiger partial charge is 0.487 e. The quantitative estimate of drug-likeness (QED) is 0.695. The Morgan fingerprint density at radius 2 is 1.97 bits per heavy atom. The van der Waals surface area contributed by atoms with Gasteiger partial charge in [0.25, 0.3) is 5.91 Å². The molecule has 0 saturated carbocycles. The number of fused-ring (bicyclic) bond motifs is 2. The van der Waals surface area contributed by atoms with E-state index in [2.05, 4.69) is 9.97 Å². The summed E-state index contributed by atoms with van der Waals surface area (Å²) in [5, 5.41) is 0. The number of ether oxygens (including phenoxy) is 1. The minimum absolute atomic E-state index is 0.179. The molecule has 2 aliphatic heterocycles. The molecule has 2 atom stereocenters. The maximum atomic E-state index is 13.6. The van der Waals surface area contributed by atoms with Crippen LogP contribution in [0.2, 0.25) is 0 Å². The second-order valence-corrected chi connectivity index (χ2v) is 9.91. The number of para-hydroxylation sites is 1. The first-order valence-electron chi connectivity index (χ1n) is 10.4. The number of benzene rings is 1. The van der Waals surface area contributed by atoms with Crippen molar-refractivity contribution in [2.24, 2.45) is 0 Å². The Morgan fingerprint density at radius 1 is 1.19 bits per heavy atom. The predicted molar refractivity (Wildman–Crippen MR) is 114 cm³/mol. The number of sulfonamides is 1. The third kappa shape index (κ3) is 4.41. The molecule has 1 fully saturated rings. The van der Waals surface area contributed by atoms with Crippen LogP contribution in [0.4, 0.5) is 0 Å². The van der Waals surface area contributed by atoms with E-state index in [1.165, 1.54) is 12.5 Å². The van der Waals surface area contributed by atoms with E-state index in [1.54, 1.807) is 39.5 Å². The molecule has 3 heterocycles. The number of nitrogens with zero attached hydrogens (tertiary/aromatic N) is 5. The van der Waals surface area contributed by atoms with Gasteiger partial charge in [-0.05, 0) is 38.7 Å². The first kappa shape index (κ1) is 21.7. The Labute approximate surface area is 182 Å². The summed E-state index contributed by atoms with van der Waals surface area (Å²) in [5.41, 5.74) is 0.334. The maximum Gasteiger partial charge on any atom is 0.272 e. The fourth-order valence-electron chi connectivity index (χ4n) is 4.12. The average Bonchev–Trinajstić information content (AvgIpc) is 3.01. The van der Waals surface area contributed by atoms with E-state index in [1.807, 2.05) is 19.0 Å². The van der Waals surface area contributed by atoms with Crippen molar-refractivity contribution >= 4 is 15.9 Å². The van der Waals surface area contributed by atoms with Gasteiger partial charge >= 0.3 is 0 Å². The van der Waals surface area contributed by atoms with Crippen LogP contribution in [-0.2, 0) is 10.0 Å². The monoisotopic (exact) mass is 445 g/mol. The first-order valence-corrected chi connectivity index (χ1v) is 11.8. The number of aromatic nitrogens is 2. The van der Waals surface area contributed by atoms with Gasteiger partial charge < -0.3 is 14.5 Å². The minimum Gasteiger partial charge on any atom is -0.487 e. The van der Waals surface area contributed by atoms with E-state index in [-0.39, 0.29) is 22.9 Å². The Kier molecular flexibility index (Phi) is 6.22. The molecule has 0 radical (unpaired) electrons. The van der Waals surface area contributed by atoms with Crippen molar-refractivity contribution in [3.8, 4) is 5.75 Å². The molecular weight excluding hydrogens is 418 g/mol. The van der Waals surface area contributed by atoms with Gasteiger partial charge in [0.1, 0.15) is 28.8 Å². The van der Waals surface area contributed by atoms with Gasteiger partial charge in [-0.15, -0.1) is 0 Å². The summed E-state index contributed by atoms with van der Waals surface area (Å²) in [6.07, 6.45) is 3.57.